The number of hydrogen-bond donors (Lipinski definition) is 3. The highest BCUT2D eigenvalue weighted by molar-refractivity contribution is 6.31. The molecule has 2 aromatic rings. The zero-order valence-corrected chi connectivity index (χ0v) is 16.7. The number of nitrogens with one attached hydrogen (secondary N) is 3. The molecule has 2 aromatic carbocycles. The summed E-state index contributed by atoms with van der Waals surface area (Å²) in [5.74, 6) is 0.702. The van der Waals surface area contributed by atoms with E-state index in [9.17, 15) is 4.79 Å². The second-order valence-electron chi connectivity index (χ2n) is 6.15. The van der Waals surface area contributed by atoms with E-state index in [-0.39, 0.29) is 30.7 Å². The van der Waals surface area contributed by atoms with Crippen molar-refractivity contribution in [2.45, 2.75) is 19.4 Å². The molecule has 1 aliphatic rings. The topological polar surface area (TPSA) is 53.2 Å². The monoisotopic (exact) mass is 415 g/mol. The van der Waals surface area contributed by atoms with E-state index >= 15 is 0 Å². The van der Waals surface area contributed by atoms with E-state index in [1.165, 1.54) is 18.4 Å². The van der Waals surface area contributed by atoms with E-state index in [2.05, 4.69) is 28.1 Å². The SMILES string of the molecule is Cl.Cl.O=C(CNCC1CC1)Nc1cc(Cl)ccc1NCc1ccccc1. The summed E-state index contributed by atoms with van der Waals surface area (Å²) in [4.78, 5) is 12.1. The van der Waals surface area contributed by atoms with Crippen LogP contribution >= 0.6 is 36.4 Å². The summed E-state index contributed by atoms with van der Waals surface area (Å²) in [7, 11) is 0. The Hall–Kier alpha value is -1.46. The summed E-state index contributed by atoms with van der Waals surface area (Å²) in [6.45, 7) is 1.93. The van der Waals surface area contributed by atoms with Crippen LogP contribution in [0, 0.1) is 5.92 Å². The summed E-state index contributed by atoms with van der Waals surface area (Å²) < 4.78 is 0. The van der Waals surface area contributed by atoms with E-state index in [0.29, 0.717) is 23.8 Å². The van der Waals surface area contributed by atoms with Crippen molar-refractivity contribution in [3.63, 3.8) is 0 Å². The van der Waals surface area contributed by atoms with Gasteiger partial charge in [-0.3, -0.25) is 4.79 Å². The van der Waals surface area contributed by atoms with Crippen molar-refractivity contribution in [2.75, 3.05) is 23.7 Å². The first-order valence-electron chi connectivity index (χ1n) is 8.28. The third-order valence-corrected chi connectivity index (χ3v) is 4.23. The maximum atomic E-state index is 12.1. The minimum atomic E-state index is -0.0549. The number of rotatable bonds is 8. The first kappa shape index (κ1) is 22.6. The smallest absolute Gasteiger partial charge is 0.238 e. The molecule has 3 N–H and O–H groups in total. The average molecular weight is 417 g/mol. The molecule has 0 atom stereocenters. The van der Waals surface area contributed by atoms with Gasteiger partial charge in [0.15, 0.2) is 0 Å². The average Bonchev–Trinajstić information content (AvgIpc) is 3.39. The highest BCUT2D eigenvalue weighted by atomic mass is 35.5. The molecule has 0 spiro atoms. The fourth-order valence-corrected chi connectivity index (χ4v) is 2.65. The molecular formula is C19H24Cl3N3O. The quantitative estimate of drug-likeness (QED) is 0.583. The van der Waals surface area contributed by atoms with Crippen LogP contribution in [-0.2, 0) is 11.3 Å². The van der Waals surface area contributed by atoms with Gasteiger partial charge in [-0.05, 0) is 49.1 Å². The van der Waals surface area contributed by atoms with Gasteiger partial charge in [-0.25, -0.2) is 0 Å². The Balaban J connectivity index is 0.00000169. The number of anilines is 2. The van der Waals surface area contributed by atoms with E-state index in [0.717, 1.165) is 18.2 Å². The molecule has 0 unspecified atom stereocenters. The van der Waals surface area contributed by atoms with Gasteiger partial charge in [0.2, 0.25) is 5.91 Å². The summed E-state index contributed by atoms with van der Waals surface area (Å²) in [5.41, 5.74) is 2.74. The summed E-state index contributed by atoms with van der Waals surface area (Å²) in [5, 5.41) is 10.1. The molecule has 1 saturated carbocycles. The van der Waals surface area contributed by atoms with Gasteiger partial charge in [0.25, 0.3) is 0 Å². The van der Waals surface area contributed by atoms with E-state index in [1.54, 1.807) is 6.07 Å². The standard InChI is InChI=1S/C19H22ClN3O.2ClH/c20-16-8-9-17(22-12-14-4-2-1-3-5-14)18(10-16)23-19(24)13-21-11-15-6-7-15;;/h1-5,8-10,15,21-22H,6-7,11-13H2,(H,23,24);2*1H. The normalized spacial score (nSPS) is 12.5. The number of amides is 1. The Morgan fingerprint density at radius 3 is 2.46 bits per heavy atom. The second-order valence-corrected chi connectivity index (χ2v) is 6.59. The highest BCUT2D eigenvalue weighted by Gasteiger charge is 2.20. The van der Waals surface area contributed by atoms with Crippen LogP contribution in [0.5, 0.6) is 0 Å². The lowest BCUT2D eigenvalue weighted by atomic mass is 10.2. The molecule has 7 heteroatoms. The molecule has 0 saturated heterocycles. The van der Waals surface area contributed by atoms with Crippen LogP contribution in [0.4, 0.5) is 11.4 Å². The van der Waals surface area contributed by atoms with Gasteiger partial charge in [0, 0.05) is 11.6 Å². The third kappa shape index (κ3) is 7.42. The molecule has 0 aliphatic heterocycles. The van der Waals surface area contributed by atoms with Crippen molar-refractivity contribution in [1.29, 1.82) is 0 Å². The molecule has 0 heterocycles. The molecule has 0 aromatic heterocycles. The van der Waals surface area contributed by atoms with Gasteiger partial charge in [-0.1, -0.05) is 41.9 Å². The van der Waals surface area contributed by atoms with Crippen LogP contribution in [0.1, 0.15) is 18.4 Å². The molecule has 3 rings (SSSR count). The zero-order valence-electron chi connectivity index (χ0n) is 14.3. The van der Waals surface area contributed by atoms with E-state index < -0.39 is 0 Å². The first-order chi connectivity index (χ1) is 11.7. The lowest BCUT2D eigenvalue weighted by Gasteiger charge is -2.14. The van der Waals surface area contributed by atoms with Crippen molar-refractivity contribution in [3.05, 3.63) is 59.1 Å². The lowest BCUT2D eigenvalue weighted by molar-refractivity contribution is -0.115. The lowest BCUT2D eigenvalue weighted by Crippen LogP contribution is -2.29. The summed E-state index contributed by atoms with van der Waals surface area (Å²) in [6, 6.07) is 15.6. The minimum Gasteiger partial charge on any atom is -0.379 e. The van der Waals surface area contributed by atoms with Crippen molar-refractivity contribution in [2.24, 2.45) is 5.92 Å². The van der Waals surface area contributed by atoms with Crippen molar-refractivity contribution >= 4 is 53.7 Å². The van der Waals surface area contributed by atoms with Gasteiger partial charge >= 0.3 is 0 Å². The third-order valence-electron chi connectivity index (χ3n) is 4.00. The fraction of sp³-hybridized carbons (Fsp3) is 0.316. The number of hydrogen-bond acceptors (Lipinski definition) is 3. The van der Waals surface area contributed by atoms with Crippen LogP contribution in [-0.4, -0.2) is 19.0 Å². The van der Waals surface area contributed by atoms with Crippen molar-refractivity contribution in [1.82, 2.24) is 5.32 Å². The number of benzene rings is 2. The first-order valence-corrected chi connectivity index (χ1v) is 8.66. The Kier molecular flexibility index (Phi) is 9.81. The molecule has 1 fully saturated rings. The van der Waals surface area contributed by atoms with Crippen LogP contribution in [0.25, 0.3) is 0 Å². The molecule has 26 heavy (non-hydrogen) atoms. The number of carbonyl (C=O) groups excluding carboxylic acids is 1. The van der Waals surface area contributed by atoms with E-state index in [1.807, 2.05) is 30.3 Å². The molecule has 4 nitrogen and oxygen atoms in total. The summed E-state index contributed by atoms with van der Waals surface area (Å²) >= 11 is 6.08. The largest absolute Gasteiger partial charge is 0.379 e. The van der Waals surface area contributed by atoms with Crippen LogP contribution in [0.3, 0.4) is 0 Å². The van der Waals surface area contributed by atoms with Gasteiger partial charge in [0.1, 0.15) is 0 Å². The van der Waals surface area contributed by atoms with Crippen molar-refractivity contribution < 1.29 is 4.79 Å². The van der Waals surface area contributed by atoms with Gasteiger partial charge in [-0.15, -0.1) is 24.8 Å². The van der Waals surface area contributed by atoms with Crippen LogP contribution in [0.2, 0.25) is 5.02 Å². The van der Waals surface area contributed by atoms with Crippen LogP contribution in [0.15, 0.2) is 48.5 Å². The second kappa shape index (κ2) is 11.3. The minimum absolute atomic E-state index is 0. The molecule has 0 radical (unpaired) electrons. The van der Waals surface area contributed by atoms with Gasteiger partial charge in [0.05, 0.1) is 17.9 Å². The Morgan fingerprint density at radius 2 is 1.77 bits per heavy atom. The maximum Gasteiger partial charge on any atom is 0.238 e. The molecule has 0 bridgehead atoms. The predicted octanol–water partition coefficient (Wildman–Crippen LogP) is 4.73. The Labute approximate surface area is 171 Å². The fourth-order valence-electron chi connectivity index (χ4n) is 2.47. The van der Waals surface area contributed by atoms with Crippen LogP contribution < -0.4 is 16.0 Å². The molecule has 1 amide bonds. The number of carbonyl (C=O) groups is 1. The van der Waals surface area contributed by atoms with Crippen molar-refractivity contribution in [3.8, 4) is 0 Å². The van der Waals surface area contributed by atoms with E-state index in [4.69, 9.17) is 11.6 Å². The molecule has 1 aliphatic carbocycles. The van der Waals surface area contributed by atoms with Gasteiger partial charge < -0.3 is 16.0 Å². The zero-order chi connectivity index (χ0) is 16.8. The Bertz CT molecular complexity index is 694. The Morgan fingerprint density at radius 1 is 1.04 bits per heavy atom. The molecule has 142 valence electrons. The number of halogens is 3. The van der Waals surface area contributed by atoms with Gasteiger partial charge in [-0.2, -0.15) is 0 Å². The predicted molar refractivity (Wildman–Crippen MR) is 114 cm³/mol. The highest BCUT2D eigenvalue weighted by Crippen LogP contribution is 2.28. The molecular weight excluding hydrogens is 393 g/mol. The maximum absolute atomic E-state index is 12.1. The summed E-state index contributed by atoms with van der Waals surface area (Å²) in [6.07, 6.45) is 2.55.